The molecule has 1 fully saturated rings. The van der Waals surface area contributed by atoms with E-state index in [0.29, 0.717) is 6.54 Å². The number of aliphatic hydroxyl groups is 1. The van der Waals surface area contributed by atoms with Gasteiger partial charge in [-0.3, -0.25) is 0 Å². The van der Waals surface area contributed by atoms with Crippen LogP contribution in [0.2, 0.25) is 0 Å². The summed E-state index contributed by atoms with van der Waals surface area (Å²) in [4.78, 5) is 16.8. The van der Waals surface area contributed by atoms with Crippen LogP contribution in [0.4, 0.5) is 10.5 Å². The lowest BCUT2D eigenvalue weighted by Gasteiger charge is -2.35. The van der Waals surface area contributed by atoms with Crippen molar-refractivity contribution in [1.29, 1.82) is 0 Å². The fourth-order valence-corrected chi connectivity index (χ4v) is 2.83. The van der Waals surface area contributed by atoms with E-state index >= 15 is 0 Å². The number of likely N-dealkylation sites (N-methyl/N-ethyl adjacent to an activating group) is 1. The van der Waals surface area contributed by atoms with Crippen molar-refractivity contribution < 1.29 is 9.90 Å². The van der Waals surface area contributed by atoms with Crippen molar-refractivity contribution in [2.75, 3.05) is 44.7 Å². The molecule has 3 N–H and O–H groups in total. The molecule has 0 aromatic heterocycles. The molecule has 0 radical (unpaired) electrons. The van der Waals surface area contributed by atoms with Crippen LogP contribution in [0, 0.1) is 5.92 Å². The van der Waals surface area contributed by atoms with Crippen molar-refractivity contribution in [2.24, 2.45) is 5.92 Å². The molecule has 1 aliphatic rings. The summed E-state index contributed by atoms with van der Waals surface area (Å²) in [5.74, 6) is 0.193. The molecule has 24 heavy (non-hydrogen) atoms. The molecular formula is C18H30N4O2. The second-order valence-corrected chi connectivity index (χ2v) is 6.78. The van der Waals surface area contributed by atoms with Crippen LogP contribution < -0.4 is 15.5 Å². The predicted molar refractivity (Wildman–Crippen MR) is 97.2 cm³/mol. The third-order valence-electron chi connectivity index (χ3n) is 4.59. The Labute approximate surface area is 144 Å². The Balaban J connectivity index is 1.94. The minimum absolute atomic E-state index is 0.0526. The van der Waals surface area contributed by atoms with Crippen molar-refractivity contribution in [3.63, 3.8) is 0 Å². The van der Waals surface area contributed by atoms with Crippen molar-refractivity contribution >= 4 is 11.7 Å². The fourth-order valence-electron chi connectivity index (χ4n) is 2.83. The first kappa shape index (κ1) is 18.5. The van der Waals surface area contributed by atoms with Crippen LogP contribution in [-0.4, -0.2) is 61.9 Å². The second kappa shape index (κ2) is 8.89. The molecule has 1 atom stereocenters. The zero-order valence-electron chi connectivity index (χ0n) is 15.0. The normalized spacial score (nSPS) is 17.0. The lowest BCUT2D eigenvalue weighted by Crippen LogP contribution is -2.46. The van der Waals surface area contributed by atoms with Crippen LogP contribution >= 0.6 is 0 Å². The topological polar surface area (TPSA) is 67.8 Å². The van der Waals surface area contributed by atoms with Gasteiger partial charge >= 0.3 is 6.03 Å². The van der Waals surface area contributed by atoms with E-state index in [1.807, 2.05) is 26.0 Å². The van der Waals surface area contributed by atoms with Crippen LogP contribution in [0.5, 0.6) is 0 Å². The maximum atomic E-state index is 12.1. The number of carbonyl (C=O) groups is 1. The number of nitrogens with one attached hydrogen (secondary N) is 2. The molecule has 134 valence electrons. The summed E-state index contributed by atoms with van der Waals surface area (Å²) in [6, 6.07) is 7.75. The highest BCUT2D eigenvalue weighted by atomic mass is 16.3. The van der Waals surface area contributed by atoms with Gasteiger partial charge in [-0.2, -0.15) is 0 Å². The van der Waals surface area contributed by atoms with E-state index in [-0.39, 0.29) is 24.6 Å². The Hall–Kier alpha value is -1.79. The number of nitrogens with zero attached hydrogens (tertiary/aromatic N) is 2. The van der Waals surface area contributed by atoms with Gasteiger partial charge in [0.2, 0.25) is 0 Å². The van der Waals surface area contributed by atoms with Crippen LogP contribution in [0.25, 0.3) is 0 Å². The van der Waals surface area contributed by atoms with E-state index < -0.39 is 0 Å². The van der Waals surface area contributed by atoms with E-state index in [2.05, 4.69) is 39.6 Å². The third-order valence-corrected chi connectivity index (χ3v) is 4.59. The quantitative estimate of drug-likeness (QED) is 0.733. The van der Waals surface area contributed by atoms with E-state index in [9.17, 15) is 9.90 Å². The number of urea groups is 1. The zero-order valence-corrected chi connectivity index (χ0v) is 15.0. The van der Waals surface area contributed by atoms with Gasteiger partial charge in [0.1, 0.15) is 0 Å². The van der Waals surface area contributed by atoms with Crippen LogP contribution in [0.3, 0.4) is 0 Å². The number of hydrogen-bond acceptors (Lipinski definition) is 4. The molecule has 0 bridgehead atoms. The highest BCUT2D eigenvalue weighted by Crippen LogP contribution is 2.21. The van der Waals surface area contributed by atoms with Crippen LogP contribution in [0.15, 0.2) is 24.3 Å². The molecule has 2 amide bonds. The standard InChI is InChI=1S/C18H30N4O2/c1-14(2)16(13-23)20-18(24)19-12-15-6-4-5-7-17(15)22-10-8-21(3)9-11-22/h4-7,14,16,23H,8-13H2,1-3H3,(H2,19,20,24)/t16-/m1/s1. The van der Waals surface area contributed by atoms with Crippen molar-refractivity contribution in [2.45, 2.75) is 26.4 Å². The molecule has 6 nitrogen and oxygen atoms in total. The maximum Gasteiger partial charge on any atom is 0.315 e. The lowest BCUT2D eigenvalue weighted by molar-refractivity contribution is 0.198. The molecule has 0 unspecified atom stereocenters. The predicted octanol–water partition coefficient (Wildman–Crippen LogP) is 1.25. The molecule has 0 aliphatic carbocycles. The van der Waals surface area contributed by atoms with E-state index in [1.165, 1.54) is 5.69 Å². The molecule has 1 aliphatic heterocycles. The molecular weight excluding hydrogens is 304 g/mol. The van der Waals surface area contributed by atoms with Gasteiger partial charge in [-0.1, -0.05) is 32.0 Å². The largest absolute Gasteiger partial charge is 0.394 e. The molecule has 0 spiro atoms. The Kier molecular flexibility index (Phi) is 6.87. The number of amides is 2. The average Bonchev–Trinajstić information content (AvgIpc) is 2.58. The summed E-state index contributed by atoms with van der Waals surface area (Å²) < 4.78 is 0. The summed E-state index contributed by atoms with van der Waals surface area (Å²) in [5.41, 5.74) is 2.30. The smallest absolute Gasteiger partial charge is 0.315 e. The van der Waals surface area contributed by atoms with Gasteiger partial charge in [-0.25, -0.2) is 4.79 Å². The number of anilines is 1. The van der Waals surface area contributed by atoms with Crippen molar-refractivity contribution in [1.82, 2.24) is 15.5 Å². The minimum Gasteiger partial charge on any atom is -0.394 e. The zero-order chi connectivity index (χ0) is 17.5. The Morgan fingerprint density at radius 2 is 1.88 bits per heavy atom. The molecule has 6 heteroatoms. The van der Waals surface area contributed by atoms with Gasteiger partial charge in [-0.05, 0) is 24.6 Å². The van der Waals surface area contributed by atoms with E-state index in [4.69, 9.17) is 0 Å². The van der Waals surface area contributed by atoms with E-state index in [1.54, 1.807) is 0 Å². The Morgan fingerprint density at radius 1 is 1.21 bits per heavy atom. The van der Waals surface area contributed by atoms with Gasteiger partial charge < -0.3 is 25.5 Å². The number of benzene rings is 1. The number of rotatable bonds is 6. The molecule has 1 saturated heterocycles. The summed E-state index contributed by atoms with van der Waals surface area (Å²) in [6.45, 7) is 8.48. The van der Waals surface area contributed by atoms with Crippen LogP contribution in [-0.2, 0) is 6.54 Å². The summed E-state index contributed by atoms with van der Waals surface area (Å²) in [7, 11) is 2.14. The van der Waals surface area contributed by atoms with Crippen molar-refractivity contribution in [3.8, 4) is 0 Å². The summed E-state index contributed by atoms with van der Waals surface area (Å²) >= 11 is 0. The molecule has 1 aromatic rings. The number of para-hydroxylation sites is 1. The first-order chi connectivity index (χ1) is 11.5. The molecule has 2 rings (SSSR count). The van der Waals surface area contributed by atoms with Crippen molar-refractivity contribution in [3.05, 3.63) is 29.8 Å². The van der Waals surface area contributed by atoms with Gasteiger partial charge in [0.25, 0.3) is 0 Å². The lowest BCUT2D eigenvalue weighted by atomic mass is 10.1. The molecule has 1 aromatic carbocycles. The van der Waals surface area contributed by atoms with Gasteiger partial charge in [-0.15, -0.1) is 0 Å². The Bertz CT molecular complexity index is 528. The SMILES string of the molecule is CC(C)[C@@H](CO)NC(=O)NCc1ccccc1N1CCN(C)CC1. The third kappa shape index (κ3) is 5.11. The van der Waals surface area contributed by atoms with Gasteiger partial charge in [0.05, 0.1) is 12.6 Å². The number of hydrogen-bond donors (Lipinski definition) is 3. The van der Waals surface area contributed by atoms with E-state index in [0.717, 1.165) is 31.7 Å². The summed E-state index contributed by atoms with van der Waals surface area (Å²) in [6.07, 6.45) is 0. The number of piperazine rings is 1. The second-order valence-electron chi connectivity index (χ2n) is 6.78. The average molecular weight is 334 g/mol. The Morgan fingerprint density at radius 3 is 2.50 bits per heavy atom. The first-order valence-electron chi connectivity index (χ1n) is 8.68. The van der Waals surface area contributed by atoms with Gasteiger partial charge in [0.15, 0.2) is 0 Å². The van der Waals surface area contributed by atoms with Crippen LogP contribution in [0.1, 0.15) is 19.4 Å². The maximum absolute atomic E-state index is 12.1. The monoisotopic (exact) mass is 334 g/mol. The number of carbonyl (C=O) groups excluding carboxylic acids is 1. The highest BCUT2D eigenvalue weighted by molar-refractivity contribution is 5.74. The summed E-state index contributed by atoms with van der Waals surface area (Å²) in [5, 5.41) is 15.0. The molecule has 0 saturated carbocycles. The highest BCUT2D eigenvalue weighted by Gasteiger charge is 2.18. The minimum atomic E-state index is -0.240. The molecule has 1 heterocycles. The van der Waals surface area contributed by atoms with Gasteiger partial charge in [0, 0.05) is 38.4 Å². The number of aliphatic hydroxyl groups excluding tert-OH is 1. The first-order valence-corrected chi connectivity index (χ1v) is 8.68. The fraction of sp³-hybridized carbons (Fsp3) is 0.611.